The summed E-state index contributed by atoms with van der Waals surface area (Å²) in [6.07, 6.45) is -0.356. The number of alkyl halides is 2. The Morgan fingerprint density at radius 1 is 1.12 bits per heavy atom. The van der Waals surface area contributed by atoms with Crippen LogP contribution in [0, 0.1) is 3.57 Å². The van der Waals surface area contributed by atoms with Crippen molar-refractivity contribution in [2.45, 2.75) is 39.2 Å². The van der Waals surface area contributed by atoms with E-state index in [4.69, 9.17) is 4.74 Å². The fraction of sp³-hybridized carbons (Fsp3) is 0.588. The molecular formula is C17H23F2IN2O2. The molecule has 2 rings (SSSR count). The molecule has 0 saturated carbocycles. The first-order valence-corrected chi connectivity index (χ1v) is 8.96. The summed E-state index contributed by atoms with van der Waals surface area (Å²) in [6, 6.07) is 5.08. The number of anilines is 1. The van der Waals surface area contributed by atoms with Gasteiger partial charge in [0, 0.05) is 47.9 Å². The average molecular weight is 452 g/mol. The van der Waals surface area contributed by atoms with Crippen LogP contribution in [0.3, 0.4) is 0 Å². The molecule has 1 heterocycles. The fourth-order valence-electron chi connectivity index (χ4n) is 2.59. The minimum absolute atomic E-state index is 0.0279. The van der Waals surface area contributed by atoms with E-state index < -0.39 is 11.5 Å². The van der Waals surface area contributed by atoms with Crippen molar-refractivity contribution in [1.82, 2.24) is 4.90 Å². The number of halogens is 3. The summed E-state index contributed by atoms with van der Waals surface area (Å²) >= 11 is 2.04. The van der Waals surface area contributed by atoms with Crippen LogP contribution in [0.4, 0.5) is 19.3 Å². The van der Waals surface area contributed by atoms with E-state index in [1.165, 1.54) is 6.07 Å². The second-order valence-corrected chi connectivity index (χ2v) is 8.25. The van der Waals surface area contributed by atoms with E-state index in [-0.39, 0.29) is 11.7 Å². The number of hydrogen-bond acceptors (Lipinski definition) is 3. The number of nitrogens with zero attached hydrogens (tertiary/aromatic N) is 2. The minimum atomic E-state index is -2.90. The van der Waals surface area contributed by atoms with E-state index in [1.807, 2.05) is 54.3 Å². The maximum Gasteiger partial charge on any atom is 0.410 e. The van der Waals surface area contributed by atoms with Crippen molar-refractivity contribution in [2.75, 3.05) is 31.1 Å². The molecule has 1 aliphatic heterocycles. The lowest BCUT2D eigenvalue weighted by atomic mass is 10.1. The third-order valence-electron chi connectivity index (χ3n) is 3.70. The van der Waals surface area contributed by atoms with E-state index in [0.29, 0.717) is 31.9 Å². The van der Waals surface area contributed by atoms with Gasteiger partial charge in [0.1, 0.15) is 5.60 Å². The molecule has 1 fully saturated rings. The van der Waals surface area contributed by atoms with Crippen molar-refractivity contribution >= 4 is 34.4 Å². The highest BCUT2D eigenvalue weighted by Crippen LogP contribution is 2.36. The molecule has 134 valence electrons. The van der Waals surface area contributed by atoms with Gasteiger partial charge in [-0.25, -0.2) is 13.6 Å². The largest absolute Gasteiger partial charge is 0.444 e. The zero-order chi connectivity index (χ0) is 18.1. The van der Waals surface area contributed by atoms with Crippen LogP contribution in [0.15, 0.2) is 18.2 Å². The normalized spacial score (nSPS) is 16.3. The number of piperazine rings is 1. The zero-order valence-corrected chi connectivity index (χ0v) is 16.6. The molecule has 7 heteroatoms. The Morgan fingerprint density at radius 3 is 2.21 bits per heavy atom. The van der Waals surface area contributed by atoms with Crippen LogP contribution in [-0.4, -0.2) is 42.8 Å². The molecule has 1 aromatic rings. The number of rotatable bonds is 2. The average Bonchev–Trinajstić information content (AvgIpc) is 2.44. The number of amides is 1. The van der Waals surface area contributed by atoms with Crippen LogP contribution in [-0.2, 0) is 10.7 Å². The smallest absolute Gasteiger partial charge is 0.410 e. The first kappa shape index (κ1) is 19.2. The highest BCUT2D eigenvalue weighted by atomic mass is 127. The number of benzene rings is 1. The Hall–Kier alpha value is -1.12. The maximum absolute atomic E-state index is 13.9. The van der Waals surface area contributed by atoms with E-state index in [0.717, 1.165) is 10.5 Å². The van der Waals surface area contributed by atoms with Crippen LogP contribution >= 0.6 is 22.6 Å². The fourth-order valence-corrected chi connectivity index (χ4v) is 3.08. The van der Waals surface area contributed by atoms with Crippen molar-refractivity contribution in [3.63, 3.8) is 0 Å². The Balaban J connectivity index is 2.09. The Labute approximate surface area is 155 Å². The Bertz CT molecular complexity index is 604. The van der Waals surface area contributed by atoms with Gasteiger partial charge >= 0.3 is 6.09 Å². The van der Waals surface area contributed by atoms with E-state index in [1.54, 1.807) is 11.0 Å². The summed E-state index contributed by atoms with van der Waals surface area (Å²) in [7, 11) is 0. The molecule has 0 aromatic heterocycles. The lowest BCUT2D eigenvalue weighted by molar-refractivity contribution is 0.0168. The van der Waals surface area contributed by atoms with E-state index in [9.17, 15) is 13.6 Å². The van der Waals surface area contributed by atoms with Gasteiger partial charge in [0.25, 0.3) is 5.92 Å². The lowest BCUT2D eigenvalue weighted by Gasteiger charge is -2.38. The highest BCUT2D eigenvalue weighted by molar-refractivity contribution is 14.1. The summed E-state index contributed by atoms with van der Waals surface area (Å²) in [5.74, 6) is -2.90. The van der Waals surface area contributed by atoms with Crippen LogP contribution in [0.5, 0.6) is 0 Å². The van der Waals surface area contributed by atoms with Crippen LogP contribution in [0.25, 0.3) is 0 Å². The summed E-state index contributed by atoms with van der Waals surface area (Å²) in [4.78, 5) is 15.6. The van der Waals surface area contributed by atoms with Crippen LogP contribution in [0.2, 0.25) is 0 Å². The number of hydrogen-bond donors (Lipinski definition) is 0. The second kappa shape index (κ2) is 7.01. The third kappa shape index (κ3) is 4.94. The summed E-state index contributed by atoms with van der Waals surface area (Å²) in [5, 5.41) is 0. The molecule has 0 aliphatic carbocycles. The third-order valence-corrected chi connectivity index (χ3v) is 4.37. The van der Waals surface area contributed by atoms with Crippen molar-refractivity contribution in [1.29, 1.82) is 0 Å². The molecule has 1 amide bonds. The number of carbonyl (C=O) groups excluding carboxylic acids is 1. The number of carbonyl (C=O) groups is 1. The van der Waals surface area contributed by atoms with Gasteiger partial charge in [0.05, 0.1) is 0 Å². The van der Waals surface area contributed by atoms with Gasteiger partial charge in [-0.3, -0.25) is 0 Å². The Kier molecular flexibility index (Phi) is 5.61. The van der Waals surface area contributed by atoms with Crippen LogP contribution < -0.4 is 4.90 Å². The van der Waals surface area contributed by atoms with Crippen molar-refractivity contribution in [3.8, 4) is 0 Å². The monoisotopic (exact) mass is 452 g/mol. The maximum atomic E-state index is 13.9. The topological polar surface area (TPSA) is 32.8 Å². The minimum Gasteiger partial charge on any atom is -0.444 e. The van der Waals surface area contributed by atoms with Crippen molar-refractivity contribution < 1.29 is 18.3 Å². The van der Waals surface area contributed by atoms with Crippen LogP contribution in [0.1, 0.15) is 33.3 Å². The molecular weight excluding hydrogens is 429 g/mol. The predicted octanol–water partition coefficient (Wildman–Crippen LogP) is 4.46. The standard InChI is InChI=1S/C17H23F2IN2O2/c1-16(2,3)24-15(23)22-9-7-21(8-10-22)14-6-5-12(20)11-13(14)17(4,18)19/h5-6,11H,7-10H2,1-4H3. The quantitative estimate of drug-likeness (QED) is 0.622. The first-order valence-electron chi connectivity index (χ1n) is 7.88. The van der Waals surface area contributed by atoms with E-state index in [2.05, 4.69) is 0 Å². The molecule has 0 N–H and O–H groups in total. The molecule has 0 spiro atoms. The van der Waals surface area contributed by atoms with Gasteiger partial charge in [-0.1, -0.05) is 0 Å². The molecule has 24 heavy (non-hydrogen) atoms. The molecule has 4 nitrogen and oxygen atoms in total. The summed E-state index contributed by atoms with van der Waals surface area (Å²) < 4.78 is 34.0. The van der Waals surface area contributed by atoms with Gasteiger partial charge in [-0.2, -0.15) is 0 Å². The van der Waals surface area contributed by atoms with Gasteiger partial charge in [0.15, 0.2) is 0 Å². The van der Waals surface area contributed by atoms with E-state index >= 15 is 0 Å². The second-order valence-electron chi connectivity index (χ2n) is 7.00. The molecule has 1 aromatic carbocycles. The Morgan fingerprint density at radius 2 is 1.71 bits per heavy atom. The lowest BCUT2D eigenvalue weighted by Crippen LogP contribution is -2.50. The molecule has 0 bridgehead atoms. The summed E-state index contributed by atoms with van der Waals surface area (Å²) in [6.45, 7) is 8.29. The van der Waals surface area contributed by atoms with Gasteiger partial charge in [0.2, 0.25) is 0 Å². The highest BCUT2D eigenvalue weighted by Gasteiger charge is 2.32. The van der Waals surface area contributed by atoms with Crippen molar-refractivity contribution in [2.24, 2.45) is 0 Å². The van der Waals surface area contributed by atoms with Crippen molar-refractivity contribution in [3.05, 3.63) is 27.3 Å². The zero-order valence-electron chi connectivity index (χ0n) is 14.4. The molecule has 0 unspecified atom stereocenters. The van der Waals surface area contributed by atoms with Gasteiger partial charge < -0.3 is 14.5 Å². The summed E-state index contributed by atoms with van der Waals surface area (Å²) in [5.41, 5.74) is 0.0220. The molecule has 1 aliphatic rings. The first-order chi connectivity index (χ1) is 11.0. The SMILES string of the molecule is CC(C)(C)OC(=O)N1CCN(c2ccc(I)cc2C(C)(F)F)CC1. The molecule has 0 atom stereocenters. The van der Waals surface area contributed by atoms with Gasteiger partial charge in [-0.05, 0) is 61.6 Å². The predicted molar refractivity (Wildman–Crippen MR) is 98.7 cm³/mol. The number of ether oxygens (including phenoxy) is 1. The molecule has 1 saturated heterocycles. The van der Waals surface area contributed by atoms with Gasteiger partial charge in [-0.15, -0.1) is 0 Å². The molecule has 0 radical (unpaired) electrons.